The molecule has 0 aromatic heterocycles. The molecule has 0 bridgehead atoms. The first-order valence-corrected chi connectivity index (χ1v) is 14.0. The Morgan fingerprint density at radius 3 is 2.24 bits per heavy atom. The van der Waals surface area contributed by atoms with Gasteiger partial charge in [-0.1, -0.05) is 48.0 Å². The summed E-state index contributed by atoms with van der Waals surface area (Å²) in [6.45, 7) is 5.57. The van der Waals surface area contributed by atoms with E-state index in [0.29, 0.717) is 37.8 Å². The molecule has 0 aliphatic carbocycles. The average Bonchev–Trinajstić information content (AvgIpc) is 2.92. The fraction of sp³-hybridized carbons (Fsp3) is 0.345. The summed E-state index contributed by atoms with van der Waals surface area (Å²) < 4.78 is 39.6. The highest BCUT2D eigenvalue weighted by atomic mass is 32.2. The Labute approximate surface area is 219 Å². The Morgan fingerprint density at radius 1 is 0.973 bits per heavy atom. The number of aryl methyl sites for hydroxylation is 1. The lowest BCUT2D eigenvalue weighted by Crippen LogP contribution is -2.48. The molecule has 0 radical (unpaired) electrons. The van der Waals surface area contributed by atoms with Crippen LogP contribution in [0.1, 0.15) is 30.9 Å². The van der Waals surface area contributed by atoms with Gasteiger partial charge in [0, 0.05) is 25.2 Å². The van der Waals surface area contributed by atoms with E-state index >= 15 is 0 Å². The third kappa shape index (κ3) is 6.32. The molecule has 1 heterocycles. The number of hydrogen-bond donors (Lipinski definition) is 1. The molecule has 0 saturated carbocycles. The summed E-state index contributed by atoms with van der Waals surface area (Å²) in [5, 5.41) is 3.03. The van der Waals surface area contributed by atoms with E-state index in [1.807, 2.05) is 32.0 Å². The molecule has 1 amide bonds. The molecule has 196 valence electrons. The zero-order valence-corrected chi connectivity index (χ0v) is 22.2. The Kier molecular flexibility index (Phi) is 8.51. The highest BCUT2D eigenvalue weighted by Gasteiger charge is 2.35. The lowest BCUT2D eigenvalue weighted by atomic mass is 9.74. The van der Waals surface area contributed by atoms with Gasteiger partial charge in [-0.3, -0.25) is 9.10 Å². The highest BCUT2D eigenvalue weighted by molar-refractivity contribution is 7.92. The van der Waals surface area contributed by atoms with Gasteiger partial charge in [-0.15, -0.1) is 0 Å². The van der Waals surface area contributed by atoms with Gasteiger partial charge < -0.3 is 14.8 Å². The van der Waals surface area contributed by atoms with Crippen LogP contribution in [-0.2, 0) is 25.0 Å². The summed E-state index contributed by atoms with van der Waals surface area (Å²) in [5.74, 6) is 0.263. The summed E-state index contributed by atoms with van der Waals surface area (Å²) in [6, 6.07) is 23.5. The zero-order chi connectivity index (χ0) is 26.3. The largest absolute Gasteiger partial charge is 0.494 e. The Morgan fingerprint density at radius 2 is 1.62 bits per heavy atom. The number of carbonyl (C=O) groups excluding carboxylic acids is 1. The van der Waals surface area contributed by atoms with Crippen LogP contribution in [0.5, 0.6) is 5.75 Å². The van der Waals surface area contributed by atoms with Crippen LogP contribution in [-0.4, -0.2) is 47.2 Å². The maximum atomic E-state index is 13.7. The number of hydrogen-bond acceptors (Lipinski definition) is 5. The fourth-order valence-corrected chi connectivity index (χ4v) is 6.02. The van der Waals surface area contributed by atoms with Crippen molar-refractivity contribution < 1.29 is 22.7 Å². The minimum atomic E-state index is -3.99. The first kappa shape index (κ1) is 26.7. The second-order valence-electron chi connectivity index (χ2n) is 9.29. The molecule has 1 aliphatic rings. The molecule has 8 heteroatoms. The van der Waals surface area contributed by atoms with Crippen molar-refractivity contribution in [3.8, 4) is 5.75 Å². The van der Waals surface area contributed by atoms with Crippen molar-refractivity contribution >= 4 is 21.6 Å². The van der Waals surface area contributed by atoms with Gasteiger partial charge in [0.2, 0.25) is 5.91 Å². The monoisotopic (exact) mass is 522 g/mol. The lowest BCUT2D eigenvalue weighted by Gasteiger charge is -2.38. The highest BCUT2D eigenvalue weighted by Crippen LogP contribution is 2.34. The van der Waals surface area contributed by atoms with Crippen LogP contribution >= 0.6 is 0 Å². The van der Waals surface area contributed by atoms with E-state index in [-0.39, 0.29) is 22.8 Å². The molecule has 3 aromatic carbocycles. The maximum absolute atomic E-state index is 13.7. The zero-order valence-electron chi connectivity index (χ0n) is 21.4. The molecular weight excluding hydrogens is 488 g/mol. The van der Waals surface area contributed by atoms with Crippen LogP contribution in [0.3, 0.4) is 0 Å². The van der Waals surface area contributed by atoms with Crippen LogP contribution in [0, 0.1) is 6.92 Å². The standard InChI is InChI=1S/C29H34N2O5S/c1-3-36-26-13-11-25(12-14-26)31(37(33,34)27-15-9-23(2)10-16-27)21-28(32)30-22-29(17-19-35-20-18-29)24-7-5-4-6-8-24/h4-16H,3,17-22H2,1-2H3,(H,30,32). The van der Waals surface area contributed by atoms with Crippen molar-refractivity contribution in [3.63, 3.8) is 0 Å². The van der Waals surface area contributed by atoms with Crippen molar-refractivity contribution in [1.29, 1.82) is 0 Å². The van der Waals surface area contributed by atoms with Crippen molar-refractivity contribution in [2.24, 2.45) is 0 Å². The smallest absolute Gasteiger partial charge is 0.264 e. The minimum absolute atomic E-state index is 0.130. The predicted octanol–water partition coefficient (Wildman–Crippen LogP) is 4.45. The van der Waals surface area contributed by atoms with Crippen LogP contribution in [0.4, 0.5) is 5.69 Å². The third-order valence-corrected chi connectivity index (χ3v) is 8.58. The van der Waals surface area contributed by atoms with Crippen LogP contribution in [0.25, 0.3) is 0 Å². The molecule has 1 aliphatic heterocycles. The van der Waals surface area contributed by atoms with Gasteiger partial charge in [0.15, 0.2) is 0 Å². The van der Waals surface area contributed by atoms with E-state index in [1.165, 1.54) is 0 Å². The number of carbonyl (C=O) groups is 1. The SMILES string of the molecule is CCOc1ccc(N(CC(=O)NCC2(c3ccccc3)CCOCC2)S(=O)(=O)c2ccc(C)cc2)cc1. The second-order valence-corrected chi connectivity index (χ2v) is 11.1. The third-order valence-electron chi connectivity index (χ3n) is 6.79. The van der Waals surface area contributed by atoms with Crippen molar-refractivity contribution in [2.75, 3.05) is 37.2 Å². The van der Waals surface area contributed by atoms with Gasteiger partial charge in [0.1, 0.15) is 12.3 Å². The predicted molar refractivity (Wildman–Crippen MR) is 145 cm³/mol. The molecule has 3 aromatic rings. The number of amides is 1. The van der Waals surface area contributed by atoms with E-state index in [4.69, 9.17) is 9.47 Å². The summed E-state index contributed by atoms with van der Waals surface area (Å²) in [6.07, 6.45) is 1.56. The Hall–Kier alpha value is -3.36. The van der Waals surface area contributed by atoms with Crippen LogP contribution in [0.15, 0.2) is 83.8 Å². The molecule has 0 unspecified atom stereocenters. The van der Waals surface area contributed by atoms with Gasteiger partial charge >= 0.3 is 0 Å². The summed E-state index contributed by atoms with van der Waals surface area (Å²) in [7, 11) is -3.99. The normalized spacial score (nSPS) is 15.1. The van der Waals surface area contributed by atoms with E-state index in [9.17, 15) is 13.2 Å². The van der Waals surface area contributed by atoms with Gasteiger partial charge in [0.05, 0.1) is 17.2 Å². The van der Waals surface area contributed by atoms with Crippen molar-refractivity contribution in [2.45, 2.75) is 37.0 Å². The molecule has 1 N–H and O–H groups in total. The van der Waals surface area contributed by atoms with Gasteiger partial charge in [-0.2, -0.15) is 0 Å². The van der Waals surface area contributed by atoms with E-state index in [2.05, 4.69) is 17.4 Å². The number of benzene rings is 3. The lowest BCUT2D eigenvalue weighted by molar-refractivity contribution is -0.120. The number of nitrogens with zero attached hydrogens (tertiary/aromatic N) is 1. The number of sulfonamides is 1. The van der Waals surface area contributed by atoms with Gasteiger partial charge in [-0.25, -0.2) is 8.42 Å². The molecule has 37 heavy (non-hydrogen) atoms. The second kappa shape index (κ2) is 11.8. The first-order chi connectivity index (χ1) is 17.8. The van der Waals surface area contributed by atoms with E-state index in [1.54, 1.807) is 48.5 Å². The number of rotatable bonds is 10. The van der Waals surface area contributed by atoms with Gasteiger partial charge in [0.25, 0.3) is 10.0 Å². The molecule has 1 fully saturated rings. The summed E-state index contributed by atoms with van der Waals surface area (Å²) in [4.78, 5) is 13.4. The molecule has 4 rings (SSSR count). The number of anilines is 1. The molecular formula is C29H34N2O5S. The molecule has 1 saturated heterocycles. The van der Waals surface area contributed by atoms with E-state index < -0.39 is 10.0 Å². The fourth-order valence-electron chi connectivity index (χ4n) is 4.60. The maximum Gasteiger partial charge on any atom is 0.264 e. The quantitative estimate of drug-likeness (QED) is 0.425. The summed E-state index contributed by atoms with van der Waals surface area (Å²) >= 11 is 0. The van der Waals surface area contributed by atoms with Gasteiger partial charge in [-0.05, 0) is 68.7 Å². The van der Waals surface area contributed by atoms with Crippen molar-refractivity contribution in [3.05, 3.63) is 90.0 Å². The summed E-state index contributed by atoms with van der Waals surface area (Å²) in [5.41, 5.74) is 2.24. The molecule has 0 atom stereocenters. The van der Waals surface area contributed by atoms with Crippen molar-refractivity contribution in [1.82, 2.24) is 5.32 Å². The average molecular weight is 523 g/mol. The number of nitrogens with one attached hydrogen (secondary N) is 1. The molecule has 7 nitrogen and oxygen atoms in total. The molecule has 0 spiro atoms. The Balaban J connectivity index is 1.58. The van der Waals surface area contributed by atoms with Crippen LogP contribution < -0.4 is 14.4 Å². The Bertz CT molecular complexity index is 1270. The number of ether oxygens (including phenoxy) is 2. The van der Waals surface area contributed by atoms with Crippen LogP contribution in [0.2, 0.25) is 0 Å². The minimum Gasteiger partial charge on any atom is -0.494 e. The van der Waals surface area contributed by atoms with E-state index in [0.717, 1.165) is 28.3 Å². The first-order valence-electron chi connectivity index (χ1n) is 12.6. The topological polar surface area (TPSA) is 84.9 Å².